The SMILES string of the molecule is C[C@@H]1CN(c2ccc(C#N)n3ncc(F)c23)Cc2c3c(nn21)CNC(c1ccnn1C)C3. The summed E-state index contributed by atoms with van der Waals surface area (Å²) in [5.41, 5.74) is 6.03. The largest absolute Gasteiger partial charge is 0.362 e. The third-order valence-electron chi connectivity index (χ3n) is 6.63. The molecule has 0 radical (unpaired) electrons. The molecule has 2 atom stereocenters. The molecule has 0 aromatic carbocycles. The number of nitrogens with zero attached hydrogens (tertiary/aromatic N) is 8. The van der Waals surface area contributed by atoms with E-state index in [1.165, 1.54) is 16.3 Å². The fraction of sp³-hybridized carbons (Fsp3) is 0.364. The van der Waals surface area contributed by atoms with Crippen LogP contribution in [0.2, 0.25) is 0 Å². The molecule has 2 aliphatic rings. The molecule has 0 fully saturated rings. The van der Waals surface area contributed by atoms with Crippen LogP contribution in [-0.4, -0.2) is 35.7 Å². The van der Waals surface area contributed by atoms with Gasteiger partial charge in [-0.3, -0.25) is 9.36 Å². The van der Waals surface area contributed by atoms with Crippen molar-refractivity contribution in [2.24, 2.45) is 7.05 Å². The number of fused-ring (bicyclic) bond motifs is 4. The highest BCUT2D eigenvalue weighted by molar-refractivity contribution is 5.75. The zero-order chi connectivity index (χ0) is 22.0. The van der Waals surface area contributed by atoms with Crippen LogP contribution in [0.1, 0.15) is 47.3 Å². The Morgan fingerprint density at radius 1 is 1.25 bits per heavy atom. The minimum Gasteiger partial charge on any atom is -0.362 e. The van der Waals surface area contributed by atoms with Gasteiger partial charge in [0.15, 0.2) is 5.82 Å². The topological polar surface area (TPSA) is 92.0 Å². The molecule has 10 heteroatoms. The fourth-order valence-electron chi connectivity index (χ4n) is 5.11. The van der Waals surface area contributed by atoms with Gasteiger partial charge in [-0.15, -0.1) is 0 Å². The van der Waals surface area contributed by atoms with Gasteiger partial charge in [0.2, 0.25) is 0 Å². The smallest absolute Gasteiger partial charge is 0.171 e. The Kier molecular flexibility index (Phi) is 4.10. The van der Waals surface area contributed by atoms with Gasteiger partial charge in [0.05, 0.1) is 47.6 Å². The monoisotopic (exact) mass is 431 g/mol. The van der Waals surface area contributed by atoms with E-state index in [0.29, 0.717) is 30.8 Å². The van der Waals surface area contributed by atoms with Crippen molar-refractivity contribution in [3.8, 4) is 6.07 Å². The third kappa shape index (κ3) is 2.67. The van der Waals surface area contributed by atoms with Crippen molar-refractivity contribution in [1.29, 1.82) is 5.26 Å². The van der Waals surface area contributed by atoms with Crippen LogP contribution >= 0.6 is 0 Å². The Morgan fingerprint density at radius 3 is 2.91 bits per heavy atom. The van der Waals surface area contributed by atoms with E-state index in [1.54, 1.807) is 6.07 Å². The summed E-state index contributed by atoms with van der Waals surface area (Å²) in [4.78, 5) is 2.17. The predicted molar refractivity (Wildman–Crippen MR) is 114 cm³/mol. The Balaban J connectivity index is 1.40. The molecule has 4 aromatic rings. The second-order valence-corrected chi connectivity index (χ2v) is 8.53. The molecule has 9 nitrogen and oxygen atoms in total. The second kappa shape index (κ2) is 6.90. The van der Waals surface area contributed by atoms with Gasteiger partial charge in [-0.1, -0.05) is 0 Å². The lowest BCUT2D eigenvalue weighted by molar-refractivity contribution is 0.423. The van der Waals surface area contributed by atoms with Crippen molar-refractivity contribution in [2.75, 3.05) is 11.4 Å². The van der Waals surface area contributed by atoms with Crippen molar-refractivity contribution in [1.82, 2.24) is 34.5 Å². The molecule has 4 aromatic heterocycles. The first-order valence-corrected chi connectivity index (χ1v) is 10.7. The van der Waals surface area contributed by atoms with Crippen molar-refractivity contribution < 1.29 is 4.39 Å². The zero-order valence-corrected chi connectivity index (χ0v) is 17.8. The number of aromatic nitrogens is 6. The average molecular weight is 431 g/mol. The van der Waals surface area contributed by atoms with Crippen LogP contribution < -0.4 is 10.2 Å². The summed E-state index contributed by atoms with van der Waals surface area (Å²) in [5.74, 6) is -0.425. The highest BCUT2D eigenvalue weighted by atomic mass is 19.1. The molecule has 32 heavy (non-hydrogen) atoms. The van der Waals surface area contributed by atoms with Crippen molar-refractivity contribution >= 4 is 11.2 Å². The molecule has 0 bridgehead atoms. The second-order valence-electron chi connectivity index (χ2n) is 8.53. The van der Waals surface area contributed by atoms with Crippen LogP contribution in [-0.2, 0) is 26.6 Å². The van der Waals surface area contributed by atoms with Crippen LogP contribution in [0.4, 0.5) is 10.1 Å². The lowest BCUT2D eigenvalue weighted by Crippen LogP contribution is -2.37. The maximum Gasteiger partial charge on any atom is 0.171 e. The van der Waals surface area contributed by atoms with E-state index >= 15 is 0 Å². The Hall–Kier alpha value is -3.71. The van der Waals surface area contributed by atoms with Crippen molar-refractivity contribution in [2.45, 2.75) is 38.5 Å². The van der Waals surface area contributed by atoms with Crippen LogP contribution in [0, 0.1) is 17.1 Å². The minimum absolute atomic E-state index is 0.126. The van der Waals surface area contributed by atoms with Gasteiger partial charge in [0, 0.05) is 31.9 Å². The first-order valence-electron chi connectivity index (χ1n) is 10.7. The average Bonchev–Trinajstić information content (AvgIpc) is 3.50. The molecule has 0 aliphatic carbocycles. The van der Waals surface area contributed by atoms with E-state index in [1.807, 2.05) is 30.1 Å². The standard InChI is InChI=1S/C22H22FN9/c1-13-11-30(20-4-3-14(8-24)32-22(20)16(23)9-27-32)12-21-15-7-17(19-5-6-26-29(19)2)25-10-18(15)28-31(13)21/h3-6,9,13,17,25H,7,10-12H2,1-2H3/t13-,17?/m1/s1. The zero-order valence-electron chi connectivity index (χ0n) is 17.8. The van der Waals surface area contributed by atoms with Crippen LogP contribution in [0.25, 0.3) is 5.52 Å². The first kappa shape index (κ1) is 19.0. The number of hydrogen-bond donors (Lipinski definition) is 1. The van der Waals surface area contributed by atoms with Gasteiger partial charge in [-0.05, 0) is 31.5 Å². The minimum atomic E-state index is -0.425. The summed E-state index contributed by atoms with van der Waals surface area (Å²) in [7, 11) is 1.96. The third-order valence-corrected chi connectivity index (χ3v) is 6.63. The van der Waals surface area contributed by atoms with Gasteiger partial charge in [0.25, 0.3) is 0 Å². The van der Waals surface area contributed by atoms with E-state index in [-0.39, 0.29) is 12.1 Å². The van der Waals surface area contributed by atoms with Gasteiger partial charge < -0.3 is 10.2 Å². The molecular formula is C22H22FN9. The Morgan fingerprint density at radius 2 is 2.12 bits per heavy atom. The molecular weight excluding hydrogens is 409 g/mol. The molecule has 0 spiro atoms. The van der Waals surface area contributed by atoms with Crippen LogP contribution in [0.15, 0.2) is 30.6 Å². The van der Waals surface area contributed by atoms with Crippen LogP contribution in [0.3, 0.4) is 0 Å². The summed E-state index contributed by atoms with van der Waals surface area (Å²) >= 11 is 0. The number of hydrogen-bond acceptors (Lipinski definition) is 6. The molecule has 1 N–H and O–H groups in total. The number of aryl methyl sites for hydroxylation is 1. The predicted octanol–water partition coefficient (Wildman–Crippen LogP) is 2.24. The highest BCUT2D eigenvalue weighted by Crippen LogP contribution is 2.36. The quantitative estimate of drug-likeness (QED) is 0.523. The summed E-state index contributed by atoms with van der Waals surface area (Å²) in [6.45, 7) is 4.15. The van der Waals surface area contributed by atoms with Crippen molar-refractivity contribution in [3.05, 3.63) is 64.7 Å². The van der Waals surface area contributed by atoms with Gasteiger partial charge in [-0.25, -0.2) is 8.91 Å². The van der Waals surface area contributed by atoms with Crippen molar-refractivity contribution in [3.63, 3.8) is 0 Å². The molecule has 1 unspecified atom stereocenters. The summed E-state index contributed by atoms with van der Waals surface area (Å²) in [6.07, 6.45) is 3.82. The molecule has 2 aliphatic heterocycles. The number of rotatable bonds is 2. The van der Waals surface area contributed by atoms with E-state index in [9.17, 15) is 9.65 Å². The summed E-state index contributed by atoms with van der Waals surface area (Å²) in [6, 6.07) is 7.95. The van der Waals surface area contributed by atoms with Crippen LogP contribution in [0.5, 0.6) is 0 Å². The fourth-order valence-corrected chi connectivity index (χ4v) is 5.11. The lowest BCUT2D eigenvalue weighted by atomic mass is 9.96. The normalized spacial score (nSPS) is 20.2. The maximum absolute atomic E-state index is 14.7. The number of halogens is 1. The van der Waals surface area contributed by atoms with Gasteiger partial charge in [0.1, 0.15) is 17.3 Å². The van der Waals surface area contributed by atoms with Gasteiger partial charge >= 0.3 is 0 Å². The lowest BCUT2D eigenvalue weighted by Gasteiger charge is -2.35. The van der Waals surface area contributed by atoms with Gasteiger partial charge in [-0.2, -0.15) is 20.6 Å². The van der Waals surface area contributed by atoms with E-state index in [2.05, 4.69) is 38.1 Å². The Bertz CT molecular complexity index is 1390. The molecule has 162 valence electrons. The number of anilines is 1. The molecule has 0 saturated heterocycles. The summed E-state index contributed by atoms with van der Waals surface area (Å²) in [5, 5.41) is 26.3. The Labute approximate surface area is 183 Å². The molecule has 6 heterocycles. The van der Waals surface area contributed by atoms with E-state index in [0.717, 1.165) is 29.2 Å². The molecule has 0 amide bonds. The molecule has 6 rings (SSSR count). The summed E-state index contributed by atoms with van der Waals surface area (Å²) < 4.78 is 20.1. The van der Waals surface area contributed by atoms with E-state index < -0.39 is 5.82 Å². The number of pyridine rings is 1. The highest BCUT2D eigenvalue weighted by Gasteiger charge is 2.33. The van der Waals surface area contributed by atoms with E-state index in [4.69, 9.17) is 5.10 Å². The molecule has 0 saturated carbocycles. The number of nitriles is 1. The maximum atomic E-state index is 14.7. The number of nitrogens with one attached hydrogen (secondary N) is 1. The first-order chi connectivity index (χ1) is 15.5.